The molecule has 1 heterocycles. The van der Waals surface area contributed by atoms with Gasteiger partial charge in [-0.15, -0.1) is 0 Å². The Hall–Kier alpha value is -1.95. The van der Waals surface area contributed by atoms with Crippen LogP contribution >= 0.6 is 11.6 Å². The lowest BCUT2D eigenvalue weighted by atomic mass is 10.2. The molecule has 0 bridgehead atoms. The zero-order chi connectivity index (χ0) is 18.2. The van der Waals surface area contributed by atoms with Crippen molar-refractivity contribution in [1.82, 2.24) is 16.0 Å². The number of hydrogen-bond acceptors (Lipinski definition) is 3. The number of carbonyl (C=O) groups excluding carboxylic acids is 1. The van der Waals surface area contributed by atoms with Gasteiger partial charge in [0.1, 0.15) is 0 Å². The first-order chi connectivity index (χ1) is 12.0. The second kappa shape index (κ2) is 9.51. The average Bonchev–Trinajstić information content (AvgIpc) is 3.02. The smallest absolute Gasteiger partial charge is 0.221 e. The van der Waals surface area contributed by atoms with Gasteiger partial charge in [0.25, 0.3) is 0 Å². The van der Waals surface area contributed by atoms with E-state index in [2.05, 4.69) is 31.9 Å². The summed E-state index contributed by atoms with van der Waals surface area (Å²) < 4.78 is 0. The molecule has 2 rings (SSSR count). The minimum Gasteiger partial charge on any atom is -0.369 e. The molecule has 3 N–H and O–H groups in total. The van der Waals surface area contributed by atoms with Crippen LogP contribution in [0.2, 0.25) is 5.02 Å². The molecule has 0 aliphatic carbocycles. The topological polar surface area (TPSA) is 68.8 Å². The molecular formula is C18H28ClN5O. The Morgan fingerprint density at radius 2 is 2.24 bits per heavy atom. The molecule has 25 heavy (non-hydrogen) atoms. The van der Waals surface area contributed by atoms with Crippen LogP contribution in [0.5, 0.6) is 0 Å². The molecule has 1 aromatic rings. The Labute approximate surface area is 155 Å². The van der Waals surface area contributed by atoms with E-state index in [4.69, 9.17) is 11.6 Å². The lowest BCUT2D eigenvalue weighted by molar-refractivity contribution is -0.121. The second-order valence-corrected chi connectivity index (χ2v) is 6.96. The molecule has 1 unspecified atom stereocenters. The first-order valence-electron chi connectivity index (χ1n) is 8.75. The molecule has 0 spiro atoms. The van der Waals surface area contributed by atoms with Crippen molar-refractivity contribution in [3.63, 3.8) is 0 Å². The Kier molecular flexibility index (Phi) is 7.37. The maximum Gasteiger partial charge on any atom is 0.221 e. The van der Waals surface area contributed by atoms with Crippen molar-refractivity contribution in [3.8, 4) is 0 Å². The van der Waals surface area contributed by atoms with Gasteiger partial charge in [0.15, 0.2) is 5.96 Å². The number of amides is 1. The van der Waals surface area contributed by atoms with E-state index in [1.807, 2.05) is 32.0 Å². The summed E-state index contributed by atoms with van der Waals surface area (Å²) in [5.41, 5.74) is 1.14. The summed E-state index contributed by atoms with van der Waals surface area (Å²) in [6.45, 7) is 6.35. The van der Waals surface area contributed by atoms with Gasteiger partial charge in [-0.3, -0.25) is 9.79 Å². The van der Waals surface area contributed by atoms with Crippen LogP contribution in [0.25, 0.3) is 0 Å². The largest absolute Gasteiger partial charge is 0.369 e. The number of halogens is 1. The number of anilines is 1. The van der Waals surface area contributed by atoms with E-state index >= 15 is 0 Å². The van der Waals surface area contributed by atoms with E-state index in [9.17, 15) is 4.79 Å². The molecule has 6 nitrogen and oxygen atoms in total. The summed E-state index contributed by atoms with van der Waals surface area (Å²) in [5.74, 6) is 0.779. The fourth-order valence-electron chi connectivity index (χ4n) is 2.86. The number of nitrogens with one attached hydrogen (secondary N) is 3. The minimum atomic E-state index is 0.0472. The van der Waals surface area contributed by atoms with Gasteiger partial charge in [0.2, 0.25) is 5.91 Å². The molecule has 1 amide bonds. The highest BCUT2D eigenvalue weighted by molar-refractivity contribution is 6.30. The van der Waals surface area contributed by atoms with Gasteiger partial charge in [-0.2, -0.15) is 0 Å². The van der Waals surface area contributed by atoms with Gasteiger partial charge in [-0.1, -0.05) is 17.7 Å². The van der Waals surface area contributed by atoms with Gasteiger partial charge < -0.3 is 20.9 Å². The Morgan fingerprint density at radius 1 is 1.44 bits per heavy atom. The van der Waals surface area contributed by atoms with Crippen LogP contribution in [0, 0.1) is 0 Å². The average molecular weight is 366 g/mol. The molecule has 0 radical (unpaired) electrons. The molecule has 0 saturated carbocycles. The fraction of sp³-hybridized carbons (Fsp3) is 0.556. The fourth-order valence-corrected chi connectivity index (χ4v) is 3.05. The third kappa shape index (κ3) is 6.46. The maximum absolute atomic E-state index is 11.7. The summed E-state index contributed by atoms with van der Waals surface area (Å²) in [6.07, 6.45) is 1.46. The maximum atomic E-state index is 11.7. The predicted molar refractivity (Wildman–Crippen MR) is 104 cm³/mol. The molecule has 1 fully saturated rings. The highest BCUT2D eigenvalue weighted by Gasteiger charge is 2.23. The highest BCUT2D eigenvalue weighted by atomic mass is 35.5. The minimum absolute atomic E-state index is 0.0472. The molecule has 7 heteroatoms. The van der Waals surface area contributed by atoms with Crippen LogP contribution in [0.15, 0.2) is 29.3 Å². The number of hydrogen-bond donors (Lipinski definition) is 3. The zero-order valence-corrected chi connectivity index (χ0v) is 15.9. The van der Waals surface area contributed by atoms with Crippen LogP contribution in [-0.2, 0) is 4.79 Å². The molecule has 0 aromatic heterocycles. The normalized spacial score (nSPS) is 17.7. The van der Waals surface area contributed by atoms with E-state index in [0.29, 0.717) is 19.0 Å². The van der Waals surface area contributed by atoms with Crippen molar-refractivity contribution in [2.75, 3.05) is 31.6 Å². The summed E-state index contributed by atoms with van der Waals surface area (Å²) in [7, 11) is 1.74. The van der Waals surface area contributed by atoms with Gasteiger partial charge >= 0.3 is 0 Å². The first kappa shape index (κ1) is 19.4. The monoisotopic (exact) mass is 365 g/mol. The number of nitrogens with zero attached hydrogens (tertiary/aromatic N) is 2. The van der Waals surface area contributed by atoms with Crippen molar-refractivity contribution in [2.24, 2.45) is 4.99 Å². The van der Waals surface area contributed by atoms with Crippen molar-refractivity contribution >= 4 is 29.2 Å². The number of benzene rings is 1. The molecule has 1 aliphatic heterocycles. The number of carbonyl (C=O) groups is 1. The summed E-state index contributed by atoms with van der Waals surface area (Å²) in [4.78, 5) is 18.2. The van der Waals surface area contributed by atoms with Crippen molar-refractivity contribution in [3.05, 3.63) is 29.3 Å². The molecule has 1 saturated heterocycles. The number of rotatable bonds is 6. The van der Waals surface area contributed by atoms with E-state index in [1.54, 1.807) is 7.05 Å². The lowest BCUT2D eigenvalue weighted by Gasteiger charge is -2.20. The van der Waals surface area contributed by atoms with Crippen molar-refractivity contribution in [1.29, 1.82) is 0 Å². The standard InChI is InChI=1S/C18H28ClN5O/c1-13(2)22-17(25)7-9-21-18(20-3)23-15-8-10-24(12-15)16-6-4-5-14(19)11-16/h4-6,11,13,15H,7-10,12H2,1-3H3,(H,22,25)(H2,20,21,23). The quantitative estimate of drug-likeness (QED) is 0.532. The Balaban J connectivity index is 1.76. The van der Waals surface area contributed by atoms with Crippen LogP contribution in [0.3, 0.4) is 0 Å². The number of guanidine groups is 1. The molecule has 138 valence electrons. The zero-order valence-electron chi connectivity index (χ0n) is 15.2. The third-order valence-electron chi connectivity index (χ3n) is 4.02. The van der Waals surface area contributed by atoms with E-state index in [1.165, 1.54) is 0 Å². The SMILES string of the molecule is CN=C(NCCC(=O)NC(C)C)NC1CCN(c2cccc(Cl)c2)C1. The van der Waals surface area contributed by atoms with Crippen LogP contribution < -0.4 is 20.9 Å². The van der Waals surface area contributed by atoms with Gasteiger partial charge in [0.05, 0.1) is 0 Å². The van der Waals surface area contributed by atoms with Gasteiger partial charge in [-0.25, -0.2) is 0 Å². The van der Waals surface area contributed by atoms with Gasteiger partial charge in [0, 0.05) is 55.9 Å². The first-order valence-corrected chi connectivity index (χ1v) is 9.12. The molecule has 1 aromatic carbocycles. The van der Waals surface area contributed by atoms with Crippen molar-refractivity contribution < 1.29 is 4.79 Å². The molecule has 1 aliphatic rings. The molecule has 1 atom stereocenters. The predicted octanol–water partition coefficient (Wildman–Crippen LogP) is 2.00. The summed E-state index contributed by atoms with van der Waals surface area (Å²) in [6, 6.07) is 8.41. The Morgan fingerprint density at radius 3 is 2.92 bits per heavy atom. The summed E-state index contributed by atoms with van der Waals surface area (Å²) >= 11 is 6.08. The Bertz CT molecular complexity index is 605. The van der Waals surface area contributed by atoms with E-state index < -0.39 is 0 Å². The van der Waals surface area contributed by atoms with E-state index in [-0.39, 0.29) is 11.9 Å². The van der Waals surface area contributed by atoms with E-state index in [0.717, 1.165) is 36.2 Å². The van der Waals surface area contributed by atoms with Crippen LogP contribution in [0.4, 0.5) is 5.69 Å². The van der Waals surface area contributed by atoms with Crippen molar-refractivity contribution in [2.45, 2.75) is 38.8 Å². The highest BCUT2D eigenvalue weighted by Crippen LogP contribution is 2.23. The van der Waals surface area contributed by atoms with Crippen LogP contribution in [-0.4, -0.2) is 50.6 Å². The van der Waals surface area contributed by atoms with Gasteiger partial charge in [-0.05, 0) is 38.5 Å². The second-order valence-electron chi connectivity index (χ2n) is 6.53. The molecular weight excluding hydrogens is 338 g/mol. The lowest BCUT2D eigenvalue weighted by Crippen LogP contribution is -2.45. The number of aliphatic imine (C=N–C) groups is 1. The van der Waals surface area contributed by atoms with Crippen LogP contribution in [0.1, 0.15) is 26.7 Å². The third-order valence-corrected chi connectivity index (χ3v) is 4.26. The summed E-state index contributed by atoms with van der Waals surface area (Å²) in [5, 5.41) is 10.3.